The summed E-state index contributed by atoms with van der Waals surface area (Å²) in [5.74, 6) is 0.988. The predicted molar refractivity (Wildman–Crippen MR) is 80.6 cm³/mol. The maximum absolute atomic E-state index is 5.45. The number of hydrogen-bond donors (Lipinski definition) is 2. The van der Waals surface area contributed by atoms with Crippen molar-refractivity contribution in [3.05, 3.63) is 18.0 Å². The van der Waals surface area contributed by atoms with Gasteiger partial charge in [0.15, 0.2) is 0 Å². The van der Waals surface area contributed by atoms with E-state index >= 15 is 0 Å². The molecule has 2 aromatic rings. The molecule has 8 heteroatoms. The third-order valence-electron chi connectivity index (χ3n) is 2.86. The first kappa shape index (κ1) is 15.0. The van der Waals surface area contributed by atoms with Crippen LogP contribution in [0.1, 0.15) is 19.0 Å². The zero-order valence-corrected chi connectivity index (χ0v) is 12.6. The fourth-order valence-electron chi connectivity index (χ4n) is 1.75. The molecule has 0 aliphatic carbocycles. The van der Waals surface area contributed by atoms with Gasteiger partial charge in [0, 0.05) is 39.0 Å². The van der Waals surface area contributed by atoms with Crippen LogP contribution >= 0.6 is 0 Å². The number of nitrogens with zero attached hydrogens (tertiary/aromatic N) is 5. The van der Waals surface area contributed by atoms with Gasteiger partial charge in [0.25, 0.3) is 0 Å². The quantitative estimate of drug-likeness (QED) is 0.752. The molecule has 0 bridgehead atoms. The van der Waals surface area contributed by atoms with Crippen LogP contribution in [0.3, 0.4) is 0 Å². The highest BCUT2D eigenvalue weighted by Gasteiger charge is 2.06. The molecule has 0 unspecified atom stereocenters. The molecule has 0 saturated heterocycles. The lowest BCUT2D eigenvalue weighted by Crippen LogP contribution is -2.13. The molecule has 0 fully saturated rings. The van der Waals surface area contributed by atoms with Gasteiger partial charge >= 0.3 is 6.01 Å². The number of aryl methyl sites for hydroxylation is 1. The van der Waals surface area contributed by atoms with Crippen LogP contribution in [0.4, 0.5) is 11.9 Å². The summed E-state index contributed by atoms with van der Waals surface area (Å²) in [7, 11) is 3.69. The number of anilines is 2. The molecule has 2 aromatic heterocycles. The van der Waals surface area contributed by atoms with E-state index in [-0.39, 0.29) is 0 Å². The van der Waals surface area contributed by atoms with Gasteiger partial charge in [-0.05, 0) is 12.5 Å². The second kappa shape index (κ2) is 7.41. The standard InChI is InChI=1S/C13H21N7O/c1-4-9-21-13-18-11(14-2)17-12(19-13)15-7-5-10-6-8-16-20(10)3/h6,8H,4-5,7,9H2,1-3H3,(H2,14,15,17,18,19). The molecular weight excluding hydrogens is 270 g/mol. The van der Waals surface area contributed by atoms with Gasteiger partial charge < -0.3 is 15.4 Å². The number of nitrogens with one attached hydrogen (secondary N) is 2. The van der Waals surface area contributed by atoms with Gasteiger partial charge in [0.1, 0.15) is 0 Å². The zero-order valence-electron chi connectivity index (χ0n) is 12.6. The first-order valence-electron chi connectivity index (χ1n) is 7.00. The number of hydrogen-bond acceptors (Lipinski definition) is 7. The van der Waals surface area contributed by atoms with Crippen LogP contribution in [0.15, 0.2) is 12.3 Å². The van der Waals surface area contributed by atoms with Crippen molar-refractivity contribution in [2.24, 2.45) is 7.05 Å². The van der Waals surface area contributed by atoms with Crippen LogP contribution < -0.4 is 15.4 Å². The minimum atomic E-state index is 0.333. The summed E-state index contributed by atoms with van der Waals surface area (Å²) in [6, 6.07) is 2.32. The average Bonchev–Trinajstić information content (AvgIpc) is 2.90. The van der Waals surface area contributed by atoms with E-state index in [0.29, 0.717) is 31.1 Å². The van der Waals surface area contributed by atoms with Crippen molar-refractivity contribution in [3.63, 3.8) is 0 Å². The van der Waals surface area contributed by atoms with Crippen molar-refractivity contribution in [2.45, 2.75) is 19.8 Å². The minimum absolute atomic E-state index is 0.333. The molecule has 8 nitrogen and oxygen atoms in total. The van der Waals surface area contributed by atoms with Gasteiger partial charge in [-0.25, -0.2) is 0 Å². The lowest BCUT2D eigenvalue weighted by molar-refractivity contribution is 0.292. The molecule has 2 N–H and O–H groups in total. The predicted octanol–water partition coefficient (Wildman–Crippen LogP) is 1.09. The van der Waals surface area contributed by atoms with Crippen molar-refractivity contribution >= 4 is 11.9 Å². The molecule has 0 aliphatic heterocycles. The van der Waals surface area contributed by atoms with E-state index in [1.807, 2.05) is 24.7 Å². The lowest BCUT2D eigenvalue weighted by Gasteiger charge is -2.09. The molecule has 0 aromatic carbocycles. The Morgan fingerprint density at radius 2 is 2.05 bits per heavy atom. The molecule has 0 radical (unpaired) electrons. The van der Waals surface area contributed by atoms with Crippen LogP contribution in [-0.4, -0.2) is 44.9 Å². The Bertz CT molecular complexity index is 569. The minimum Gasteiger partial charge on any atom is -0.463 e. The summed E-state index contributed by atoms with van der Waals surface area (Å²) in [5.41, 5.74) is 1.15. The van der Waals surface area contributed by atoms with Gasteiger partial charge in [-0.2, -0.15) is 20.1 Å². The molecule has 2 heterocycles. The highest BCUT2D eigenvalue weighted by molar-refractivity contribution is 5.35. The van der Waals surface area contributed by atoms with Crippen LogP contribution in [0, 0.1) is 0 Å². The highest BCUT2D eigenvalue weighted by atomic mass is 16.5. The van der Waals surface area contributed by atoms with Gasteiger partial charge in [-0.3, -0.25) is 4.68 Å². The summed E-state index contributed by atoms with van der Waals surface area (Å²) in [6.45, 7) is 3.33. The smallest absolute Gasteiger partial charge is 0.323 e. The van der Waals surface area contributed by atoms with Crippen molar-refractivity contribution in [3.8, 4) is 6.01 Å². The summed E-state index contributed by atoms with van der Waals surface area (Å²) in [5, 5.41) is 10.2. The Balaban J connectivity index is 1.96. The van der Waals surface area contributed by atoms with Crippen LogP contribution in [-0.2, 0) is 13.5 Å². The molecular formula is C13H21N7O. The van der Waals surface area contributed by atoms with E-state index in [1.54, 1.807) is 13.2 Å². The van der Waals surface area contributed by atoms with Gasteiger partial charge in [0.05, 0.1) is 6.61 Å². The maximum atomic E-state index is 5.45. The van der Waals surface area contributed by atoms with E-state index in [0.717, 1.165) is 18.5 Å². The second-order valence-electron chi connectivity index (χ2n) is 4.49. The Hall–Kier alpha value is -2.38. The van der Waals surface area contributed by atoms with E-state index in [9.17, 15) is 0 Å². The van der Waals surface area contributed by atoms with Crippen molar-refractivity contribution in [1.82, 2.24) is 24.7 Å². The molecule has 0 aliphatic rings. The summed E-state index contributed by atoms with van der Waals surface area (Å²) in [6.07, 6.45) is 3.53. The molecule has 0 atom stereocenters. The Kier molecular flexibility index (Phi) is 5.30. The Morgan fingerprint density at radius 3 is 2.71 bits per heavy atom. The second-order valence-corrected chi connectivity index (χ2v) is 4.49. The highest BCUT2D eigenvalue weighted by Crippen LogP contribution is 2.11. The molecule has 21 heavy (non-hydrogen) atoms. The number of aromatic nitrogens is 5. The van der Waals surface area contributed by atoms with E-state index in [4.69, 9.17) is 4.74 Å². The normalized spacial score (nSPS) is 10.4. The number of ether oxygens (including phenoxy) is 1. The topological polar surface area (TPSA) is 89.8 Å². The Labute approximate surface area is 124 Å². The monoisotopic (exact) mass is 291 g/mol. The zero-order chi connectivity index (χ0) is 15.1. The molecule has 114 valence electrons. The largest absolute Gasteiger partial charge is 0.463 e. The van der Waals surface area contributed by atoms with Crippen LogP contribution in [0.5, 0.6) is 6.01 Å². The molecule has 0 saturated carbocycles. The molecule has 0 spiro atoms. The molecule has 0 amide bonds. The van der Waals surface area contributed by atoms with Crippen molar-refractivity contribution in [2.75, 3.05) is 30.8 Å². The fraction of sp³-hybridized carbons (Fsp3) is 0.538. The SMILES string of the molecule is CCCOc1nc(NC)nc(NCCc2ccnn2C)n1. The van der Waals surface area contributed by atoms with E-state index in [1.165, 1.54) is 0 Å². The van der Waals surface area contributed by atoms with Crippen LogP contribution in [0.2, 0.25) is 0 Å². The summed E-state index contributed by atoms with van der Waals surface area (Å²) in [4.78, 5) is 12.6. The third kappa shape index (κ3) is 4.30. The summed E-state index contributed by atoms with van der Waals surface area (Å²) >= 11 is 0. The lowest BCUT2D eigenvalue weighted by atomic mass is 10.3. The first-order chi connectivity index (χ1) is 10.2. The summed E-state index contributed by atoms with van der Waals surface area (Å²) < 4.78 is 7.30. The maximum Gasteiger partial charge on any atom is 0.323 e. The number of rotatable bonds is 8. The van der Waals surface area contributed by atoms with Crippen molar-refractivity contribution in [1.29, 1.82) is 0 Å². The third-order valence-corrected chi connectivity index (χ3v) is 2.86. The van der Waals surface area contributed by atoms with Gasteiger partial charge in [-0.15, -0.1) is 0 Å². The van der Waals surface area contributed by atoms with E-state index < -0.39 is 0 Å². The van der Waals surface area contributed by atoms with Gasteiger partial charge in [0.2, 0.25) is 11.9 Å². The van der Waals surface area contributed by atoms with E-state index in [2.05, 4.69) is 30.7 Å². The Morgan fingerprint density at radius 1 is 1.24 bits per heavy atom. The van der Waals surface area contributed by atoms with Crippen molar-refractivity contribution < 1.29 is 4.74 Å². The molecule has 2 rings (SSSR count). The average molecular weight is 291 g/mol. The van der Waals surface area contributed by atoms with Crippen LogP contribution in [0.25, 0.3) is 0 Å². The fourth-order valence-corrected chi connectivity index (χ4v) is 1.75. The van der Waals surface area contributed by atoms with Gasteiger partial charge in [-0.1, -0.05) is 6.92 Å². The first-order valence-corrected chi connectivity index (χ1v) is 7.00.